The number of hydrogen-bond acceptors (Lipinski definition) is 2. The first-order valence-electron chi connectivity index (χ1n) is 7.37. The number of pyridine rings is 1. The first-order chi connectivity index (χ1) is 9.86. The molecule has 20 heavy (non-hydrogen) atoms. The lowest BCUT2D eigenvalue weighted by Gasteiger charge is -2.20. The van der Waals surface area contributed by atoms with Gasteiger partial charge in [0, 0.05) is 24.0 Å². The molecule has 1 unspecified atom stereocenters. The standard InChI is InChI=1S/C18H22N2/c1-3-5-6-12-17(19-13-4-2)16-11-7-9-15-10-8-14-20-18(15)16/h1,7-11,14,17,19H,4-6,12-13H2,2H3. The Balaban J connectivity index is 2.27. The summed E-state index contributed by atoms with van der Waals surface area (Å²) < 4.78 is 0. The molecule has 1 heterocycles. The average molecular weight is 266 g/mol. The lowest BCUT2D eigenvalue weighted by Crippen LogP contribution is -2.22. The van der Waals surface area contributed by atoms with Crippen LogP contribution in [0, 0.1) is 12.3 Å². The molecular weight excluding hydrogens is 244 g/mol. The summed E-state index contributed by atoms with van der Waals surface area (Å²) in [5.74, 6) is 2.72. The highest BCUT2D eigenvalue weighted by Crippen LogP contribution is 2.26. The number of fused-ring (bicyclic) bond motifs is 1. The number of para-hydroxylation sites is 1. The molecule has 1 aromatic heterocycles. The minimum atomic E-state index is 0.335. The molecule has 1 atom stereocenters. The van der Waals surface area contributed by atoms with Gasteiger partial charge in [0.05, 0.1) is 5.52 Å². The van der Waals surface area contributed by atoms with Gasteiger partial charge in [-0.05, 0) is 37.4 Å². The Labute approximate surface area is 121 Å². The van der Waals surface area contributed by atoms with Gasteiger partial charge >= 0.3 is 0 Å². The van der Waals surface area contributed by atoms with Gasteiger partial charge in [-0.1, -0.05) is 31.2 Å². The van der Waals surface area contributed by atoms with E-state index in [4.69, 9.17) is 6.42 Å². The van der Waals surface area contributed by atoms with Gasteiger partial charge in [0.15, 0.2) is 0 Å². The summed E-state index contributed by atoms with van der Waals surface area (Å²) in [4.78, 5) is 4.56. The van der Waals surface area contributed by atoms with E-state index in [2.05, 4.69) is 47.4 Å². The Morgan fingerprint density at radius 1 is 1.30 bits per heavy atom. The zero-order valence-electron chi connectivity index (χ0n) is 12.1. The number of unbranched alkanes of at least 4 members (excludes halogenated alkanes) is 1. The summed E-state index contributed by atoms with van der Waals surface area (Å²) in [5.41, 5.74) is 2.39. The van der Waals surface area contributed by atoms with Crippen molar-refractivity contribution in [3.63, 3.8) is 0 Å². The van der Waals surface area contributed by atoms with Crippen LogP contribution in [-0.2, 0) is 0 Å². The molecule has 0 fully saturated rings. The smallest absolute Gasteiger partial charge is 0.0749 e. The molecule has 0 spiro atoms. The van der Waals surface area contributed by atoms with Crippen molar-refractivity contribution in [3.05, 3.63) is 42.1 Å². The molecule has 0 aliphatic rings. The molecule has 2 aromatic rings. The maximum absolute atomic E-state index is 5.36. The van der Waals surface area contributed by atoms with Crippen molar-refractivity contribution in [2.24, 2.45) is 0 Å². The van der Waals surface area contributed by atoms with Crippen LogP contribution in [0.2, 0.25) is 0 Å². The molecule has 0 aliphatic carbocycles. The monoisotopic (exact) mass is 266 g/mol. The maximum Gasteiger partial charge on any atom is 0.0749 e. The number of aromatic nitrogens is 1. The first-order valence-corrected chi connectivity index (χ1v) is 7.37. The predicted octanol–water partition coefficient (Wildman–Crippen LogP) is 4.08. The van der Waals surface area contributed by atoms with Gasteiger partial charge in [0.2, 0.25) is 0 Å². The molecule has 0 radical (unpaired) electrons. The minimum absolute atomic E-state index is 0.335. The Kier molecular flexibility index (Phi) is 5.58. The summed E-state index contributed by atoms with van der Waals surface area (Å²) >= 11 is 0. The summed E-state index contributed by atoms with van der Waals surface area (Å²) in [6.07, 6.45) is 11.3. The van der Waals surface area contributed by atoms with E-state index in [1.807, 2.05) is 12.3 Å². The van der Waals surface area contributed by atoms with Gasteiger partial charge in [-0.25, -0.2) is 0 Å². The molecule has 0 amide bonds. The maximum atomic E-state index is 5.36. The van der Waals surface area contributed by atoms with Crippen molar-refractivity contribution >= 4 is 10.9 Å². The second kappa shape index (κ2) is 7.67. The molecule has 0 aliphatic heterocycles. The fourth-order valence-corrected chi connectivity index (χ4v) is 2.50. The van der Waals surface area contributed by atoms with Crippen molar-refractivity contribution in [3.8, 4) is 12.3 Å². The van der Waals surface area contributed by atoms with Crippen LogP contribution in [0.15, 0.2) is 36.5 Å². The summed E-state index contributed by atoms with van der Waals surface area (Å²) in [6.45, 7) is 3.21. The summed E-state index contributed by atoms with van der Waals surface area (Å²) in [6, 6.07) is 10.8. The van der Waals surface area contributed by atoms with Crippen molar-refractivity contribution in [2.75, 3.05) is 6.54 Å². The largest absolute Gasteiger partial charge is 0.310 e. The van der Waals surface area contributed by atoms with Crippen LogP contribution in [0.25, 0.3) is 10.9 Å². The number of terminal acetylenes is 1. The highest BCUT2D eigenvalue weighted by molar-refractivity contribution is 5.81. The number of nitrogens with one attached hydrogen (secondary N) is 1. The fourth-order valence-electron chi connectivity index (χ4n) is 2.50. The van der Waals surface area contributed by atoms with E-state index in [1.54, 1.807) is 0 Å². The molecular formula is C18H22N2. The Morgan fingerprint density at radius 3 is 2.95 bits per heavy atom. The zero-order valence-corrected chi connectivity index (χ0v) is 12.1. The third kappa shape index (κ3) is 3.59. The van der Waals surface area contributed by atoms with Crippen LogP contribution < -0.4 is 5.32 Å². The lowest BCUT2D eigenvalue weighted by molar-refractivity contribution is 0.489. The van der Waals surface area contributed by atoms with Crippen molar-refractivity contribution in [1.29, 1.82) is 0 Å². The first kappa shape index (κ1) is 14.6. The van der Waals surface area contributed by atoms with Crippen LogP contribution in [0.4, 0.5) is 0 Å². The third-order valence-electron chi connectivity index (χ3n) is 3.49. The Hall–Kier alpha value is -1.85. The van der Waals surface area contributed by atoms with Crippen molar-refractivity contribution in [1.82, 2.24) is 10.3 Å². The van der Waals surface area contributed by atoms with Gasteiger partial charge < -0.3 is 5.32 Å². The molecule has 2 nitrogen and oxygen atoms in total. The van der Waals surface area contributed by atoms with E-state index >= 15 is 0 Å². The topological polar surface area (TPSA) is 24.9 Å². The highest BCUT2D eigenvalue weighted by atomic mass is 14.9. The lowest BCUT2D eigenvalue weighted by atomic mass is 9.98. The molecule has 0 saturated carbocycles. The van der Waals surface area contributed by atoms with Crippen molar-refractivity contribution < 1.29 is 0 Å². The summed E-state index contributed by atoms with van der Waals surface area (Å²) in [7, 11) is 0. The number of hydrogen-bond donors (Lipinski definition) is 1. The molecule has 1 aromatic carbocycles. The van der Waals surface area contributed by atoms with Gasteiger partial charge in [0.25, 0.3) is 0 Å². The summed E-state index contributed by atoms with van der Waals surface area (Å²) in [5, 5.41) is 4.83. The van der Waals surface area contributed by atoms with E-state index in [1.165, 1.54) is 10.9 Å². The van der Waals surface area contributed by atoms with Crippen LogP contribution in [0.1, 0.15) is 44.2 Å². The van der Waals surface area contributed by atoms with Gasteiger partial charge in [0.1, 0.15) is 0 Å². The zero-order chi connectivity index (χ0) is 14.2. The Bertz CT molecular complexity index is 578. The van der Waals surface area contributed by atoms with Gasteiger partial charge in [-0.2, -0.15) is 0 Å². The van der Waals surface area contributed by atoms with Crippen LogP contribution in [0.3, 0.4) is 0 Å². The average Bonchev–Trinajstić information content (AvgIpc) is 2.50. The second-order valence-corrected chi connectivity index (χ2v) is 5.03. The normalized spacial score (nSPS) is 12.2. The van der Waals surface area contributed by atoms with Crippen molar-refractivity contribution in [2.45, 2.75) is 38.6 Å². The molecule has 1 N–H and O–H groups in total. The fraction of sp³-hybridized carbons (Fsp3) is 0.389. The highest BCUT2D eigenvalue weighted by Gasteiger charge is 2.13. The predicted molar refractivity (Wildman–Crippen MR) is 85.5 cm³/mol. The number of nitrogens with zero attached hydrogens (tertiary/aromatic N) is 1. The van der Waals surface area contributed by atoms with Crippen LogP contribution in [0.5, 0.6) is 0 Å². The third-order valence-corrected chi connectivity index (χ3v) is 3.49. The quantitative estimate of drug-likeness (QED) is 0.603. The second-order valence-electron chi connectivity index (χ2n) is 5.03. The van der Waals surface area contributed by atoms with E-state index in [0.717, 1.165) is 37.7 Å². The van der Waals surface area contributed by atoms with E-state index in [-0.39, 0.29) is 0 Å². The number of benzene rings is 1. The molecule has 0 saturated heterocycles. The van der Waals surface area contributed by atoms with Gasteiger partial charge in [-0.15, -0.1) is 12.3 Å². The van der Waals surface area contributed by atoms with Crippen LogP contribution >= 0.6 is 0 Å². The molecule has 0 bridgehead atoms. The van der Waals surface area contributed by atoms with Crippen LogP contribution in [-0.4, -0.2) is 11.5 Å². The molecule has 2 heteroatoms. The van der Waals surface area contributed by atoms with E-state index < -0.39 is 0 Å². The van der Waals surface area contributed by atoms with E-state index in [0.29, 0.717) is 6.04 Å². The van der Waals surface area contributed by atoms with Gasteiger partial charge in [-0.3, -0.25) is 4.98 Å². The number of rotatable bonds is 7. The van der Waals surface area contributed by atoms with E-state index in [9.17, 15) is 0 Å². The molecule has 104 valence electrons. The molecule has 2 rings (SSSR count). The Morgan fingerprint density at radius 2 is 2.15 bits per heavy atom. The SMILES string of the molecule is C#CCCCC(NCCC)c1cccc2cccnc12. The minimum Gasteiger partial charge on any atom is -0.310 e.